The Bertz CT molecular complexity index is 771. The lowest BCUT2D eigenvalue weighted by Crippen LogP contribution is -2.39. The van der Waals surface area contributed by atoms with Crippen LogP contribution in [0.15, 0.2) is 30.3 Å². The summed E-state index contributed by atoms with van der Waals surface area (Å²) >= 11 is 0. The Morgan fingerprint density at radius 3 is 2.39 bits per heavy atom. The van der Waals surface area contributed by atoms with Crippen LogP contribution >= 0.6 is 24.8 Å². The molecule has 1 aromatic carbocycles. The Morgan fingerprint density at radius 2 is 1.75 bits per heavy atom. The van der Waals surface area contributed by atoms with Crippen LogP contribution in [0.1, 0.15) is 48.7 Å². The Kier molecular flexibility index (Phi) is 7.93. The van der Waals surface area contributed by atoms with Gasteiger partial charge in [0.1, 0.15) is 11.6 Å². The van der Waals surface area contributed by atoms with Crippen LogP contribution in [0.25, 0.3) is 0 Å². The van der Waals surface area contributed by atoms with Gasteiger partial charge in [-0.3, -0.25) is 0 Å². The van der Waals surface area contributed by atoms with Gasteiger partial charge in [0, 0.05) is 48.5 Å². The second-order valence-electron chi connectivity index (χ2n) is 7.90. The number of piperidine rings is 1. The third kappa shape index (κ3) is 5.28. The molecule has 0 spiro atoms. The zero-order valence-corrected chi connectivity index (χ0v) is 18.2. The van der Waals surface area contributed by atoms with Crippen molar-refractivity contribution in [3.05, 3.63) is 47.4 Å². The third-order valence-corrected chi connectivity index (χ3v) is 5.66. The first-order chi connectivity index (χ1) is 12.6. The average molecular weight is 424 g/mol. The van der Waals surface area contributed by atoms with Gasteiger partial charge in [-0.05, 0) is 57.2 Å². The SMILES string of the molecule is Cc1cccc(N2CCC(Nc3cc(C4CC(N)C4)nc(C)n3)CC2)c1.Cl.Cl. The van der Waals surface area contributed by atoms with E-state index in [1.165, 1.54) is 11.3 Å². The molecule has 2 aromatic rings. The van der Waals surface area contributed by atoms with E-state index in [1.54, 1.807) is 0 Å². The van der Waals surface area contributed by atoms with E-state index in [9.17, 15) is 0 Å². The summed E-state index contributed by atoms with van der Waals surface area (Å²) in [7, 11) is 0. The summed E-state index contributed by atoms with van der Waals surface area (Å²) in [6.45, 7) is 6.29. The zero-order chi connectivity index (χ0) is 18.1. The maximum atomic E-state index is 5.94. The van der Waals surface area contributed by atoms with Gasteiger partial charge >= 0.3 is 0 Å². The van der Waals surface area contributed by atoms with Crippen LogP contribution in [0.2, 0.25) is 0 Å². The molecule has 4 rings (SSSR count). The first-order valence-electron chi connectivity index (χ1n) is 9.76. The Labute approximate surface area is 180 Å². The molecule has 1 saturated heterocycles. The molecule has 0 atom stereocenters. The fourth-order valence-corrected chi connectivity index (χ4v) is 4.09. The maximum Gasteiger partial charge on any atom is 0.130 e. The van der Waals surface area contributed by atoms with Crippen molar-refractivity contribution in [2.45, 2.75) is 57.5 Å². The third-order valence-electron chi connectivity index (χ3n) is 5.66. The molecule has 2 heterocycles. The predicted octanol–water partition coefficient (Wildman–Crippen LogP) is 4.22. The molecule has 2 aliphatic rings. The number of halogens is 2. The molecule has 0 radical (unpaired) electrons. The highest BCUT2D eigenvalue weighted by Crippen LogP contribution is 2.35. The van der Waals surface area contributed by atoms with Gasteiger partial charge < -0.3 is 16.0 Å². The molecular weight excluding hydrogens is 393 g/mol. The van der Waals surface area contributed by atoms with Crippen LogP contribution < -0.4 is 16.0 Å². The molecule has 28 heavy (non-hydrogen) atoms. The second kappa shape index (κ2) is 9.77. The highest BCUT2D eigenvalue weighted by Gasteiger charge is 2.29. The minimum absolute atomic E-state index is 0. The van der Waals surface area contributed by atoms with Crippen LogP contribution in [-0.2, 0) is 0 Å². The molecule has 1 aliphatic carbocycles. The van der Waals surface area contributed by atoms with Crippen molar-refractivity contribution in [2.75, 3.05) is 23.3 Å². The van der Waals surface area contributed by atoms with Crippen molar-refractivity contribution < 1.29 is 0 Å². The minimum Gasteiger partial charge on any atom is -0.371 e. The molecule has 7 heteroatoms. The summed E-state index contributed by atoms with van der Waals surface area (Å²) < 4.78 is 0. The quantitative estimate of drug-likeness (QED) is 0.769. The number of aryl methyl sites for hydroxylation is 2. The van der Waals surface area contributed by atoms with E-state index in [0.29, 0.717) is 18.0 Å². The van der Waals surface area contributed by atoms with Gasteiger partial charge in [-0.15, -0.1) is 24.8 Å². The first kappa shape index (κ1) is 22.7. The number of benzene rings is 1. The number of aromatic nitrogens is 2. The van der Waals surface area contributed by atoms with E-state index in [4.69, 9.17) is 5.73 Å². The summed E-state index contributed by atoms with van der Waals surface area (Å²) in [5.41, 5.74) is 9.75. The van der Waals surface area contributed by atoms with Gasteiger partial charge in [0.2, 0.25) is 0 Å². The van der Waals surface area contributed by atoms with E-state index in [2.05, 4.69) is 57.4 Å². The lowest BCUT2D eigenvalue weighted by molar-refractivity contribution is 0.344. The Balaban J connectivity index is 0.00000140. The van der Waals surface area contributed by atoms with Crippen molar-refractivity contribution >= 4 is 36.3 Å². The van der Waals surface area contributed by atoms with Crippen molar-refractivity contribution in [1.29, 1.82) is 0 Å². The highest BCUT2D eigenvalue weighted by molar-refractivity contribution is 5.85. The Morgan fingerprint density at radius 1 is 1.04 bits per heavy atom. The molecule has 5 nitrogen and oxygen atoms in total. The van der Waals surface area contributed by atoms with E-state index >= 15 is 0 Å². The molecule has 154 valence electrons. The van der Waals surface area contributed by atoms with E-state index in [0.717, 1.165) is 56.1 Å². The summed E-state index contributed by atoms with van der Waals surface area (Å²) in [6.07, 6.45) is 4.34. The summed E-state index contributed by atoms with van der Waals surface area (Å²) in [5.74, 6) is 2.33. The fourth-order valence-electron chi connectivity index (χ4n) is 4.09. The highest BCUT2D eigenvalue weighted by atomic mass is 35.5. The van der Waals surface area contributed by atoms with E-state index < -0.39 is 0 Å². The van der Waals surface area contributed by atoms with Crippen molar-refractivity contribution in [1.82, 2.24) is 9.97 Å². The van der Waals surface area contributed by atoms with Gasteiger partial charge in [0.25, 0.3) is 0 Å². The topological polar surface area (TPSA) is 67.1 Å². The lowest BCUT2D eigenvalue weighted by Gasteiger charge is -2.35. The number of hydrogen-bond acceptors (Lipinski definition) is 5. The second-order valence-corrected chi connectivity index (χ2v) is 7.90. The largest absolute Gasteiger partial charge is 0.371 e. The molecule has 0 bridgehead atoms. The van der Waals surface area contributed by atoms with Gasteiger partial charge in [0.15, 0.2) is 0 Å². The van der Waals surface area contributed by atoms with E-state index in [-0.39, 0.29) is 24.8 Å². The van der Waals surface area contributed by atoms with Crippen LogP contribution in [0, 0.1) is 13.8 Å². The van der Waals surface area contributed by atoms with Gasteiger partial charge in [-0.25, -0.2) is 9.97 Å². The first-order valence-corrected chi connectivity index (χ1v) is 9.76. The Hall–Kier alpha value is -1.56. The number of nitrogens with zero attached hydrogens (tertiary/aromatic N) is 3. The van der Waals surface area contributed by atoms with Crippen molar-refractivity contribution in [3.63, 3.8) is 0 Å². The molecule has 1 saturated carbocycles. The van der Waals surface area contributed by atoms with Crippen LogP contribution in [-0.4, -0.2) is 35.1 Å². The van der Waals surface area contributed by atoms with Crippen LogP contribution in [0.5, 0.6) is 0 Å². The average Bonchev–Trinajstić information content (AvgIpc) is 2.59. The molecule has 3 N–H and O–H groups in total. The molecule has 2 fully saturated rings. The van der Waals surface area contributed by atoms with E-state index in [1.807, 2.05) is 6.92 Å². The normalized spacial score (nSPS) is 21.9. The van der Waals surface area contributed by atoms with Gasteiger partial charge in [0.05, 0.1) is 0 Å². The number of anilines is 2. The monoisotopic (exact) mass is 423 g/mol. The number of hydrogen-bond donors (Lipinski definition) is 2. The standard InChI is InChI=1S/C21H29N5.2ClH/c1-14-4-3-5-19(10-14)26-8-6-18(7-9-26)25-21-13-20(23-15(2)24-21)16-11-17(22)12-16;;/h3-5,10,13,16-18H,6-9,11-12,22H2,1-2H3,(H,23,24,25);2*1H. The molecule has 0 unspecified atom stereocenters. The number of nitrogens with one attached hydrogen (secondary N) is 1. The lowest BCUT2D eigenvalue weighted by atomic mass is 9.78. The summed E-state index contributed by atoms with van der Waals surface area (Å²) in [6, 6.07) is 11.7. The zero-order valence-electron chi connectivity index (χ0n) is 16.6. The maximum absolute atomic E-state index is 5.94. The smallest absolute Gasteiger partial charge is 0.130 e. The molecule has 1 aromatic heterocycles. The summed E-state index contributed by atoms with van der Waals surface area (Å²) in [4.78, 5) is 11.7. The van der Waals surface area contributed by atoms with Gasteiger partial charge in [-0.1, -0.05) is 12.1 Å². The summed E-state index contributed by atoms with van der Waals surface area (Å²) in [5, 5.41) is 3.65. The fraction of sp³-hybridized carbons (Fsp3) is 0.524. The predicted molar refractivity (Wildman–Crippen MR) is 121 cm³/mol. The number of rotatable bonds is 4. The van der Waals surface area contributed by atoms with Crippen molar-refractivity contribution in [3.8, 4) is 0 Å². The number of nitrogens with two attached hydrogens (primary N) is 1. The van der Waals surface area contributed by atoms with Crippen LogP contribution in [0.3, 0.4) is 0 Å². The molecule has 1 aliphatic heterocycles. The van der Waals surface area contributed by atoms with Crippen LogP contribution in [0.4, 0.5) is 11.5 Å². The molecule has 0 amide bonds. The van der Waals surface area contributed by atoms with Crippen molar-refractivity contribution in [2.24, 2.45) is 5.73 Å². The van der Waals surface area contributed by atoms with Gasteiger partial charge in [-0.2, -0.15) is 0 Å². The molecular formula is C21H31Cl2N5. The minimum atomic E-state index is 0.